The van der Waals surface area contributed by atoms with E-state index in [9.17, 15) is 23.9 Å². The van der Waals surface area contributed by atoms with Crippen LogP contribution in [0.4, 0.5) is 10.1 Å². The van der Waals surface area contributed by atoms with E-state index in [2.05, 4.69) is 5.32 Å². The van der Waals surface area contributed by atoms with Crippen molar-refractivity contribution in [2.24, 2.45) is 11.8 Å². The van der Waals surface area contributed by atoms with Crippen LogP contribution in [-0.4, -0.2) is 40.9 Å². The number of carboxylic acids is 1. The number of carboxylic acid groups (broad SMARTS) is 1. The summed E-state index contributed by atoms with van der Waals surface area (Å²) >= 11 is 0. The molecule has 0 spiro atoms. The van der Waals surface area contributed by atoms with E-state index < -0.39 is 23.6 Å². The van der Waals surface area contributed by atoms with E-state index in [-0.39, 0.29) is 23.9 Å². The van der Waals surface area contributed by atoms with E-state index in [0.29, 0.717) is 31.5 Å². The van der Waals surface area contributed by atoms with Gasteiger partial charge in [-0.05, 0) is 36.5 Å². The fraction of sp³-hybridized carbons (Fsp3) is 0.471. The summed E-state index contributed by atoms with van der Waals surface area (Å²) in [5, 5.41) is 11.8. The summed E-state index contributed by atoms with van der Waals surface area (Å²) in [6, 6.07) is 2.64. The first-order valence-corrected chi connectivity index (χ1v) is 7.99. The van der Waals surface area contributed by atoms with Gasteiger partial charge in [0.15, 0.2) is 0 Å². The number of fused-ring (bicyclic) bond motifs is 1. The molecular formula is C17H19FN2O4. The Kier molecular flexibility index (Phi) is 4.26. The minimum absolute atomic E-state index is 0.0452. The van der Waals surface area contributed by atoms with Crippen molar-refractivity contribution in [1.29, 1.82) is 0 Å². The highest BCUT2D eigenvalue weighted by Crippen LogP contribution is 2.28. The first-order chi connectivity index (χ1) is 11.3. The Morgan fingerprint density at radius 1 is 1.29 bits per heavy atom. The third-order valence-corrected chi connectivity index (χ3v) is 4.61. The zero-order valence-corrected chi connectivity index (χ0v) is 13.3. The Morgan fingerprint density at radius 3 is 2.75 bits per heavy atom. The number of halogens is 1. The van der Waals surface area contributed by atoms with Gasteiger partial charge in [-0.3, -0.25) is 14.4 Å². The second-order valence-electron chi connectivity index (χ2n) is 6.62. The van der Waals surface area contributed by atoms with Crippen LogP contribution in [0, 0.1) is 17.7 Å². The van der Waals surface area contributed by atoms with Gasteiger partial charge in [0, 0.05) is 25.2 Å². The maximum Gasteiger partial charge on any atom is 0.308 e. The molecule has 0 radical (unpaired) electrons. The molecule has 2 unspecified atom stereocenters. The number of anilines is 1. The molecular weight excluding hydrogens is 315 g/mol. The number of amides is 2. The molecule has 2 aliphatic heterocycles. The molecule has 0 aliphatic carbocycles. The second-order valence-corrected chi connectivity index (χ2v) is 6.62. The molecule has 128 valence electrons. The van der Waals surface area contributed by atoms with Crippen LogP contribution in [0.15, 0.2) is 12.1 Å². The number of nitrogens with zero attached hydrogens (tertiary/aromatic N) is 1. The average molecular weight is 334 g/mol. The minimum atomic E-state index is -0.937. The fourth-order valence-electron chi connectivity index (χ4n) is 3.43. The molecule has 1 fully saturated rings. The van der Waals surface area contributed by atoms with Gasteiger partial charge in [0.1, 0.15) is 5.82 Å². The van der Waals surface area contributed by atoms with Gasteiger partial charge in [-0.25, -0.2) is 4.39 Å². The smallest absolute Gasteiger partial charge is 0.308 e. The fourth-order valence-corrected chi connectivity index (χ4v) is 3.43. The highest BCUT2D eigenvalue weighted by atomic mass is 19.1. The number of carbonyl (C=O) groups is 3. The van der Waals surface area contributed by atoms with Crippen molar-refractivity contribution in [3.05, 3.63) is 29.1 Å². The van der Waals surface area contributed by atoms with E-state index >= 15 is 0 Å². The second kappa shape index (κ2) is 6.22. The maximum absolute atomic E-state index is 14.3. The monoisotopic (exact) mass is 334 g/mol. The van der Waals surface area contributed by atoms with Crippen LogP contribution in [-0.2, 0) is 16.0 Å². The van der Waals surface area contributed by atoms with Crippen molar-refractivity contribution in [1.82, 2.24) is 4.90 Å². The van der Waals surface area contributed by atoms with Gasteiger partial charge in [0.2, 0.25) is 5.91 Å². The van der Waals surface area contributed by atoms with E-state index in [4.69, 9.17) is 0 Å². The van der Waals surface area contributed by atoms with Crippen molar-refractivity contribution in [3.8, 4) is 0 Å². The molecule has 2 heterocycles. The molecule has 24 heavy (non-hydrogen) atoms. The van der Waals surface area contributed by atoms with Crippen LogP contribution in [0.3, 0.4) is 0 Å². The zero-order valence-electron chi connectivity index (χ0n) is 13.3. The lowest BCUT2D eigenvalue weighted by Crippen LogP contribution is -2.45. The molecule has 7 heteroatoms. The quantitative estimate of drug-likeness (QED) is 0.865. The molecule has 2 atom stereocenters. The lowest BCUT2D eigenvalue weighted by molar-refractivity contribution is -0.143. The van der Waals surface area contributed by atoms with Gasteiger partial charge in [0.05, 0.1) is 11.5 Å². The number of likely N-dealkylation sites (tertiary alicyclic amines) is 1. The van der Waals surface area contributed by atoms with Crippen molar-refractivity contribution < 1.29 is 23.9 Å². The number of carbonyl (C=O) groups excluding carboxylic acids is 2. The number of benzene rings is 1. The van der Waals surface area contributed by atoms with Gasteiger partial charge in [-0.2, -0.15) is 0 Å². The van der Waals surface area contributed by atoms with E-state index in [1.54, 1.807) is 0 Å². The summed E-state index contributed by atoms with van der Waals surface area (Å²) < 4.78 is 14.3. The highest BCUT2D eigenvalue weighted by Gasteiger charge is 2.33. The van der Waals surface area contributed by atoms with Crippen molar-refractivity contribution >= 4 is 23.5 Å². The third-order valence-electron chi connectivity index (χ3n) is 4.61. The largest absolute Gasteiger partial charge is 0.481 e. The predicted octanol–water partition coefficient (Wildman–Crippen LogP) is 1.89. The standard InChI is InChI=1S/C17H19FN2O4/c1-9-4-11(17(23)24)8-20(7-9)16(22)12-5-10-2-3-15(21)19-14(10)6-13(12)18/h5-6,9,11H,2-4,7-8H2,1H3,(H,19,21)(H,23,24). The molecule has 2 aliphatic rings. The lowest BCUT2D eigenvalue weighted by atomic mass is 9.90. The summed E-state index contributed by atoms with van der Waals surface area (Å²) in [5.41, 5.74) is 1.05. The molecule has 1 aromatic rings. The Hall–Kier alpha value is -2.44. The van der Waals surface area contributed by atoms with Gasteiger partial charge in [-0.15, -0.1) is 0 Å². The van der Waals surface area contributed by atoms with Crippen LogP contribution >= 0.6 is 0 Å². The molecule has 2 N–H and O–H groups in total. The topological polar surface area (TPSA) is 86.7 Å². The number of nitrogens with one attached hydrogen (secondary N) is 1. The highest BCUT2D eigenvalue weighted by molar-refractivity contribution is 5.98. The zero-order chi connectivity index (χ0) is 17.4. The molecule has 1 saturated heterocycles. The van der Waals surface area contributed by atoms with E-state index in [0.717, 1.165) is 5.56 Å². The van der Waals surface area contributed by atoms with Crippen molar-refractivity contribution in [2.45, 2.75) is 26.2 Å². The Morgan fingerprint density at radius 2 is 2.04 bits per heavy atom. The number of rotatable bonds is 2. The predicted molar refractivity (Wildman–Crippen MR) is 84.2 cm³/mol. The molecule has 1 aromatic carbocycles. The van der Waals surface area contributed by atoms with Crippen molar-refractivity contribution in [2.75, 3.05) is 18.4 Å². The van der Waals surface area contributed by atoms with E-state index in [1.807, 2.05) is 6.92 Å². The average Bonchev–Trinajstić information content (AvgIpc) is 2.52. The number of hydrogen-bond donors (Lipinski definition) is 2. The summed E-state index contributed by atoms with van der Waals surface area (Å²) in [4.78, 5) is 36.7. The summed E-state index contributed by atoms with van der Waals surface area (Å²) in [6.45, 7) is 2.38. The molecule has 0 bridgehead atoms. The van der Waals surface area contributed by atoms with Gasteiger partial charge >= 0.3 is 5.97 Å². The Balaban J connectivity index is 1.87. The number of aryl methyl sites for hydroxylation is 1. The maximum atomic E-state index is 14.3. The van der Waals surface area contributed by atoms with Gasteiger partial charge < -0.3 is 15.3 Å². The first kappa shape index (κ1) is 16.4. The number of aliphatic carboxylic acids is 1. The first-order valence-electron chi connectivity index (χ1n) is 7.99. The summed E-state index contributed by atoms with van der Waals surface area (Å²) in [7, 11) is 0. The van der Waals surface area contributed by atoms with Crippen LogP contribution in [0.2, 0.25) is 0 Å². The summed E-state index contributed by atoms with van der Waals surface area (Å²) in [5.74, 6) is -2.89. The Bertz CT molecular complexity index is 719. The Labute approximate surface area is 138 Å². The van der Waals surface area contributed by atoms with Gasteiger partial charge in [-0.1, -0.05) is 6.92 Å². The molecule has 3 rings (SSSR count). The van der Waals surface area contributed by atoms with Crippen molar-refractivity contribution in [3.63, 3.8) is 0 Å². The van der Waals surface area contributed by atoms with Crippen LogP contribution in [0.5, 0.6) is 0 Å². The molecule has 6 nitrogen and oxygen atoms in total. The molecule has 2 amide bonds. The van der Waals surface area contributed by atoms with Crippen LogP contribution < -0.4 is 5.32 Å². The number of hydrogen-bond acceptors (Lipinski definition) is 3. The minimum Gasteiger partial charge on any atom is -0.481 e. The lowest BCUT2D eigenvalue weighted by Gasteiger charge is -2.35. The van der Waals surface area contributed by atoms with Crippen LogP contribution in [0.1, 0.15) is 35.7 Å². The normalized spacial score (nSPS) is 23.4. The van der Waals surface area contributed by atoms with Gasteiger partial charge in [0.25, 0.3) is 5.91 Å². The molecule has 0 saturated carbocycles. The molecule has 0 aromatic heterocycles. The third kappa shape index (κ3) is 3.11. The van der Waals surface area contributed by atoms with E-state index in [1.165, 1.54) is 17.0 Å². The number of piperidine rings is 1. The SMILES string of the molecule is CC1CC(C(=O)O)CN(C(=O)c2cc3c(cc2F)NC(=O)CC3)C1. The van der Waals surface area contributed by atoms with Crippen LogP contribution in [0.25, 0.3) is 0 Å². The summed E-state index contributed by atoms with van der Waals surface area (Å²) in [6.07, 6.45) is 1.27.